The molecule has 0 bridgehead atoms. The van der Waals surface area contributed by atoms with Gasteiger partial charge in [-0.3, -0.25) is 4.79 Å². The molecule has 8 heteroatoms. The maximum atomic E-state index is 12.8. The van der Waals surface area contributed by atoms with Gasteiger partial charge in [0.05, 0.1) is 22.5 Å². The number of benzene rings is 1. The van der Waals surface area contributed by atoms with Crippen molar-refractivity contribution in [2.75, 3.05) is 0 Å². The number of carbonyl (C=O) groups excluding carboxylic acids is 1. The summed E-state index contributed by atoms with van der Waals surface area (Å²) in [7, 11) is 0. The molecule has 1 aromatic carbocycles. The van der Waals surface area contributed by atoms with Crippen LogP contribution in [0, 0.1) is 6.92 Å². The normalized spacial score (nSPS) is 15.5. The van der Waals surface area contributed by atoms with Gasteiger partial charge in [-0.25, -0.2) is 4.98 Å². The van der Waals surface area contributed by atoms with E-state index in [1.54, 1.807) is 6.07 Å². The molecule has 4 rings (SSSR count). The summed E-state index contributed by atoms with van der Waals surface area (Å²) in [4.78, 5) is 16.6. The van der Waals surface area contributed by atoms with Crippen molar-refractivity contribution in [3.8, 4) is 22.0 Å². The summed E-state index contributed by atoms with van der Waals surface area (Å²) in [6, 6.07) is 7.08. The van der Waals surface area contributed by atoms with Crippen LogP contribution >= 0.6 is 11.3 Å². The van der Waals surface area contributed by atoms with Crippen LogP contribution in [0.5, 0.6) is 0 Å². The largest absolute Gasteiger partial charge is 0.416 e. The molecule has 2 aromatic heterocycles. The Morgan fingerprint density at radius 1 is 1.17 bits per heavy atom. The van der Waals surface area contributed by atoms with E-state index in [-0.39, 0.29) is 6.04 Å². The van der Waals surface area contributed by atoms with Crippen molar-refractivity contribution < 1.29 is 18.0 Å². The minimum absolute atomic E-state index is 0.290. The molecule has 1 aliphatic rings. The fraction of sp³-hybridized carbons (Fsp3) is 0.364. The van der Waals surface area contributed by atoms with E-state index in [0.717, 1.165) is 49.2 Å². The van der Waals surface area contributed by atoms with Gasteiger partial charge in [-0.05, 0) is 38.0 Å². The first kappa shape index (κ1) is 20.7. The molecule has 158 valence electrons. The van der Waals surface area contributed by atoms with Crippen molar-refractivity contribution in [1.29, 1.82) is 0 Å². The third-order valence-corrected chi connectivity index (χ3v) is 6.61. The van der Waals surface area contributed by atoms with E-state index in [0.29, 0.717) is 21.8 Å². The average Bonchev–Trinajstić information content (AvgIpc) is 3.33. The van der Waals surface area contributed by atoms with Gasteiger partial charge in [-0.15, -0.1) is 11.3 Å². The number of hydrogen-bond donors (Lipinski definition) is 1. The zero-order chi connectivity index (χ0) is 21.5. The maximum Gasteiger partial charge on any atom is 0.416 e. The van der Waals surface area contributed by atoms with Crippen LogP contribution in [0.15, 0.2) is 35.7 Å². The lowest BCUT2D eigenvalue weighted by molar-refractivity contribution is -0.137. The molecule has 0 atom stereocenters. The molecular formula is C22H22F3N3OS. The molecule has 0 aliphatic heterocycles. The van der Waals surface area contributed by atoms with E-state index in [1.165, 1.54) is 29.9 Å². The summed E-state index contributed by atoms with van der Waals surface area (Å²) in [5, 5.41) is 2.51. The Balaban J connectivity index is 1.72. The predicted octanol–water partition coefficient (Wildman–Crippen LogP) is 6.21. The third-order valence-electron chi connectivity index (χ3n) is 5.72. The van der Waals surface area contributed by atoms with E-state index in [1.807, 2.05) is 12.3 Å². The van der Waals surface area contributed by atoms with Crippen LogP contribution in [0.1, 0.15) is 59.8 Å². The van der Waals surface area contributed by atoms with Crippen LogP contribution in [0.25, 0.3) is 22.0 Å². The molecule has 0 unspecified atom stereocenters. The Kier molecular flexibility index (Phi) is 5.44. The SMILES string of the molecule is Cc1c(C(N)=O)cc(-c2csc(-c3ccc(C(F)(F)F)cc3)n2)n1C1CCCCC1. The molecule has 3 aromatic rings. The molecule has 30 heavy (non-hydrogen) atoms. The Labute approximate surface area is 176 Å². The van der Waals surface area contributed by atoms with Crippen LogP contribution in [-0.2, 0) is 6.18 Å². The van der Waals surface area contributed by atoms with E-state index in [9.17, 15) is 18.0 Å². The molecule has 1 saturated carbocycles. The number of carbonyl (C=O) groups is 1. The zero-order valence-electron chi connectivity index (χ0n) is 16.5. The minimum Gasteiger partial charge on any atom is -0.366 e. The van der Waals surface area contributed by atoms with Crippen molar-refractivity contribution in [3.63, 3.8) is 0 Å². The van der Waals surface area contributed by atoms with Crippen molar-refractivity contribution in [2.45, 2.75) is 51.2 Å². The highest BCUT2D eigenvalue weighted by atomic mass is 32.1. The lowest BCUT2D eigenvalue weighted by Gasteiger charge is -2.26. The van der Waals surface area contributed by atoms with Crippen molar-refractivity contribution in [3.05, 3.63) is 52.5 Å². The van der Waals surface area contributed by atoms with Gasteiger partial charge < -0.3 is 10.3 Å². The number of nitrogens with zero attached hydrogens (tertiary/aromatic N) is 2. The van der Waals surface area contributed by atoms with Crippen LogP contribution in [-0.4, -0.2) is 15.5 Å². The van der Waals surface area contributed by atoms with Crippen molar-refractivity contribution in [1.82, 2.24) is 9.55 Å². The molecule has 0 saturated heterocycles. The van der Waals surface area contributed by atoms with Crippen LogP contribution in [0.2, 0.25) is 0 Å². The van der Waals surface area contributed by atoms with Crippen molar-refractivity contribution >= 4 is 17.2 Å². The Bertz CT molecular complexity index is 1060. The van der Waals surface area contributed by atoms with Gasteiger partial charge >= 0.3 is 6.18 Å². The molecule has 0 spiro atoms. The number of halogens is 3. The lowest BCUT2D eigenvalue weighted by Crippen LogP contribution is -2.17. The minimum atomic E-state index is -4.36. The number of hydrogen-bond acceptors (Lipinski definition) is 3. The summed E-state index contributed by atoms with van der Waals surface area (Å²) in [6.45, 7) is 1.90. The van der Waals surface area contributed by atoms with E-state index in [4.69, 9.17) is 5.73 Å². The van der Waals surface area contributed by atoms with E-state index >= 15 is 0 Å². The quantitative estimate of drug-likeness (QED) is 0.532. The molecule has 1 amide bonds. The molecule has 4 nitrogen and oxygen atoms in total. The second kappa shape index (κ2) is 7.91. The smallest absolute Gasteiger partial charge is 0.366 e. The standard InChI is InChI=1S/C22H22F3N3OS/c1-13-17(20(26)29)11-19(28(13)16-5-3-2-4-6-16)18-12-30-21(27-18)14-7-9-15(10-8-14)22(23,24)25/h7-12,16H,2-6H2,1H3,(H2,26,29). The first-order chi connectivity index (χ1) is 14.3. The number of aromatic nitrogens is 2. The summed E-state index contributed by atoms with van der Waals surface area (Å²) in [5.74, 6) is -0.471. The Morgan fingerprint density at radius 2 is 1.83 bits per heavy atom. The molecule has 0 radical (unpaired) electrons. The van der Waals surface area contributed by atoms with Crippen molar-refractivity contribution in [2.24, 2.45) is 5.73 Å². The summed E-state index contributed by atoms with van der Waals surface area (Å²) >= 11 is 1.37. The second-order valence-corrected chi connectivity index (χ2v) is 8.53. The van der Waals surface area contributed by atoms with Gasteiger partial charge in [0.15, 0.2) is 0 Å². The number of rotatable bonds is 4. The number of amides is 1. The zero-order valence-corrected chi connectivity index (χ0v) is 17.3. The van der Waals surface area contributed by atoms with Gasteiger partial charge in [0.25, 0.3) is 5.91 Å². The van der Waals surface area contributed by atoms with Crippen LogP contribution < -0.4 is 5.73 Å². The fourth-order valence-corrected chi connectivity index (χ4v) is 5.02. The van der Waals surface area contributed by atoms with E-state index in [2.05, 4.69) is 9.55 Å². The Morgan fingerprint density at radius 3 is 2.43 bits per heavy atom. The van der Waals surface area contributed by atoms with Crippen LogP contribution in [0.4, 0.5) is 13.2 Å². The van der Waals surface area contributed by atoms with Gasteiger partial charge in [0, 0.05) is 22.7 Å². The van der Waals surface area contributed by atoms with Gasteiger partial charge in [0.1, 0.15) is 5.01 Å². The fourth-order valence-electron chi connectivity index (χ4n) is 4.20. The molecule has 2 N–H and O–H groups in total. The number of nitrogens with two attached hydrogens (primary N) is 1. The molecule has 1 fully saturated rings. The highest BCUT2D eigenvalue weighted by molar-refractivity contribution is 7.13. The maximum absolute atomic E-state index is 12.8. The van der Waals surface area contributed by atoms with Gasteiger partial charge in [-0.2, -0.15) is 13.2 Å². The highest BCUT2D eigenvalue weighted by Gasteiger charge is 2.30. The summed E-state index contributed by atoms with van der Waals surface area (Å²) < 4.78 is 40.6. The number of thiazole rings is 1. The average molecular weight is 433 g/mol. The van der Waals surface area contributed by atoms with Gasteiger partial charge in [-0.1, -0.05) is 31.4 Å². The van der Waals surface area contributed by atoms with Crippen LogP contribution in [0.3, 0.4) is 0 Å². The van der Waals surface area contributed by atoms with Gasteiger partial charge in [0.2, 0.25) is 0 Å². The summed E-state index contributed by atoms with van der Waals surface area (Å²) in [5.41, 5.74) is 8.40. The topological polar surface area (TPSA) is 60.9 Å². The highest BCUT2D eigenvalue weighted by Crippen LogP contribution is 2.38. The second-order valence-electron chi connectivity index (χ2n) is 7.67. The lowest BCUT2D eigenvalue weighted by atomic mass is 9.95. The predicted molar refractivity (Wildman–Crippen MR) is 111 cm³/mol. The molecule has 1 aliphatic carbocycles. The first-order valence-electron chi connectivity index (χ1n) is 9.91. The molecule has 2 heterocycles. The number of primary amides is 1. The monoisotopic (exact) mass is 433 g/mol. The molecular weight excluding hydrogens is 411 g/mol. The van der Waals surface area contributed by atoms with E-state index < -0.39 is 17.6 Å². The Hall–Kier alpha value is -2.61. The third kappa shape index (κ3) is 3.88. The summed E-state index contributed by atoms with van der Waals surface area (Å²) in [6.07, 6.45) is 1.20. The number of alkyl halides is 3. The first-order valence-corrected chi connectivity index (χ1v) is 10.8.